The van der Waals surface area contributed by atoms with Crippen LogP contribution in [0.1, 0.15) is 23.6 Å². The van der Waals surface area contributed by atoms with Gasteiger partial charge in [0.2, 0.25) is 0 Å². The number of fused-ring (bicyclic) bond motifs is 4. The minimum Gasteiger partial charge on any atom is -0.312 e. The van der Waals surface area contributed by atoms with Gasteiger partial charge in [0.15, 0.2) is 0 Å². The molecule has 0 saturated carbocycles. The number of pyridine rings is 1. The SMILES string of the molecule is O=c1cccc2n1C[C@@H]1C[C@@H]2CN(CC#Cc2ccccc2)C1. The van der Waals surface area contributed by atoms with Crippen molar-refractivity contribution in [2.24, 2.45) is 5.92 Å². The first kappa shape index (κ1) is 14.3. The van der Waals surface area contributed by atoms with Gasteiger partial charge in [-0.3, -0.25) is 9.69 Å². The Balaban J connectivity index is 1.49. The van der Waals surface area contributed by atoms with E-state index in [9.17, 15) is 4.79 Å². The average molecular weight is 304 g/mol. The fourth-order valence-electron chi connectivity index (χ4n) is 3.90. The number of rotatable bonds is 1. The molecular weight excluding hydrogens is 284 g/mol. The molecule has 1 aromatic heterocycles. The van der Waals surface area contributed by atoms with E-state index in [0.717, 1.165) is 31.7 Å². The standard InChI is InChI=1S/C20H20N2O/c23-20-10-4-9-19-18-12-17(14-22(19)20)13-21(15-18)11-5-8-16-6-2-1-3-7-16/h1-4,6-7,9-10,17-18H,11-15H2/t17-,18-/m1/s1. The lowest BCUT2D eigenvalue weighted by Gasteiger charge is -2.42. The van der Waals surface area contributed by atoms with Gasteiger partial charge in [0.05, 0.1) is 6.54 Å². The van der Waals surface area contributed by atoms with E-state index in [1.54, 1.807) is 6.07 Å². The predicted octanol–water partition coefficient (Wildman–Crippen LogP) is 2.32. The lowest BCUT2D eigenvalue weighted by atomic mass is 9.83. The molecular formula is C20H20N2O. The Kier molecular flexibility index (Phi) is 3.77. The molecule has 2 atom stereocenters. The van der Waals surface area contributed by atoms with Crippen molar-refractivity contribution >= 4 is 0 Å². The summed E-state index contributed by atoms with van der Waals surface area (Å²) in [6, 6.07) is 15.8. The van der Waals surface area contributed by atoms with Gasteiger partial charge in [0.25, 0.3) is 5.56 Å². The first-order chi connectivity index (χ1) is 11.3. The molecule has 0 amide bonds. The number of likely N-dealkylation sites (tertiary alicyclic amines) is 1. The van der Waals surface area contributed by atoms with Crippen molar-refractivity contribution in [1.29, 1.82) is 0 Å². The van der Waals surface area contributed by atoms with Crippen LogP contribution < -0.4 is 5.56 Å². The summed E-state index contributed by atoms with van der Waals surface area (Å²) >= 11 is 0. The molecule has 3 nitrogen and oxygen atoms in total. The fraction of sp³-hybridized carbons (Fsp3) is 0.350. The van der Waals surface area contributed by atoms with Crippen LogP contribution in [-0.2, 0) is 6.54 Å². The van der Waals surface area contributed by atoms with Crippen LogP contribution in [-0.4, -0.2) is 29.1 Å². The fourth-order valence-corrected chi connectivity index (χ4v) is 3.90. The highest BCUT2D eigenvalue weighted by Gasteiger charge is 2.33. The van der Waals surface area contributed by atoms with Crippen LogP contribution in [0.15, 0.2) is 53.3 Å². The van der Waals surface area contributed by atoms with E-state index >= 15 is 0 Å². The van der Waals surface area contributed by atoms with Gasteiger partial charge in [-0.05, 0) is 30.5 Å². The maximum atomic E-state index is 12.0. The van der Waals surface area contributed by atoms with Crippen LogP contribution in [0.3, 0.4) is 0 Å². The Hall–Kier alpha value is -2.31. The third kappa shape index (κ3) is 2.95. The minimum absolute atomic E-state index is 0.148. The second kappa shape index (κ2) is 6.06. The molecule has 0 spiro atoms. The van der Waals surface area contributed by atoms with Crippen molar-refractivity contribution in [3.63, 3.8) is 0 Å². The largest absolute Gasteiger partial charge is 0.312 e. The van der Waals surface area contributed by atoms with Gasteiger partial charge in [-0.1, -0.05) is 36.1 Å². The topological polar surface area (TPSA) is 25.2 Å². The van der Waals surface area contributed by atoms with Crippen LogP contribution in [0.5, 0.6) is 0 Å². The highest BCUT2D eigenvalue weighted by molar-refractivity contribution is 5.33. The number of piperidine rings is 1. The molecule has 2 aliphatic rings. The summed E-state index contributed by atoms with van der Waals surface area (Å²) in [4.78, 5) is 14.5. The van der Waals surface area contributed by atoms with Gasteiger partial charge in [-0.2, -0.15) is 0 Å². The first-order valence-corrected chi connectivity index (χ1v) is 8.25. The molecule has 2 bridgehead atoms. The normalized spacial score (nSPS) is 22.8. The lowest BCUT2D eigenvalue weighted by Crippen LogP contribution is -2.47. The average Bonchev–Trinajstić information content (AvgIpc) is 2.57. The third-order valence-corrected chi connectivity index (χ3v) is 4.86. The van der Waals surface area contributed by atoms with Crippen molar-refractivity contribution in [1.82, 2.24) is 9.47 Å². The van der Waals surface area contributed by atoms with Gasteiger partial charge in [-0.25, -0.2) is 0 Å². The van der Waals surface area contributed by atoms with Crippen LogP contribution >= 0.6 is 0 Å². The van der Waals surface area contributed by atoms with Gasteiger partial charge in [-0.15, -0.1) is 0 Å². The Labute approximate surface area is 136 Å². The number of nitrogens with zero attached hydrogens (tertiary/aromatic N) is 2. The molecule has 116 valence electrons. The summed E-state index contributed by atoms with van der Waals surface area (Å²) in [5.74, 6) is 7.58. The molecule has 1 saturated heterocycles. The molecule has 0 N–H and O–H groups in total. The lowest BCUT2D eigenvalue weighted by molar-refractivity contribution is 0.133. The van der Waals surface area contributed by atoms with Crippen LogP contribution in [0.2, 0.25) is 0 Å². The molecule has 4 rings (SSSR count). The van der Waals surface area contributed by atoms with E-state index < -0.39 is 0 Å². The zero-order chi connectivity index (χ0) is 15.6. The third-order valence-electron chi connectivity index (χ3n) is 4.86. The molecule has 1 fully saturated rings. The molecule has 2 aromatic rings. The van der Waals surface area contributed by atoms with Crippen molar-refractivity contribution < 1.29 is 0 Å². The Bertz CT molecular complexity index is 813. The van der Waals surface area contributed by atoms with Crippen molar-refractivity contribution in [3.8, 4) is 11.8 Å². The van der Waals surface area contributed by atoms with Gasteiger partial charge in [0.1, 0.15) is 0 Å². The highest BCUT2D eigenvalue weighted by Crippen LogP contribution is 2.34. The second-order valence-electron chi connectivity index (χ2n) is 6.56. The van der Waals surface area contributed by atoms with Crippen LogP contribution in [0.4, 0.5) is 0 Å². The summed E-state index contributed by atoms with van der Waals surface area (Å²) in [6.07, 6.45) is 1.20. The van der Waals surface area contributed by atoms with Crippen molar-refractivity contribution in [2.45, 2.75) is 18.9 Å². The number of hydrogen-bond donors (Lipinski definition) is 0. The van der Waals surface area contributed by atoms with Gasteiger partial charge < -0.3 is 4.57 Å². The monoisotopic (exact) mass is 304 g/mol. The smallest absolute Gasteiger partial charge is 0.250 e. The number of benzene rings is 1. The summed E-state index contributed by atoms with van der Waals surface area (Å²) < 4.78 is 1.98. The molecule has 3 heteroatoms. The summed E-state index contributed by atoms with van der Waals surface area (Å²) in [7, 11) is 0. The van der Waals surface area contributed by atoms with E-state index in [-0.39, 0.29) is 5.56 Å². The minimum atomic E-state index is 0.148. The number of hydrogen-bond acceptors (Lipinski definition) is 2. The summed E-state index contributed by atoms with van der Waals surface area (Å²) in [5, 5.41) is 0. The Morgan fingerprint density at radius 2 is 1.87 bits per heavy atom. The molecule has 23 heavy (non-hydrogen) atoms. The zero-order valence-corrected chi connectivity index (χ0v) is 13.1. The predicted molar refractivity (Wildman–Crippen MR) is 91.3 cm³/mol. The van der Waals surface area contributed by atoms with Crippen molar-refractivity contribution in [2.75, 3.05) is 19.6 Å². The maximum Gasteiger partial charge on any atom is 0.250 e. The highest BCUT2D eigenvalue weighted by atomic mass is 16.1. The molecule has 0 radical (unpaired) electrons. The zero-order valence-electron chi connectivity index (χ0n) is 13.1. The van der Waals surface area contributed by atoms with Gasteiger partial charge >= 0.3 is 0 Å². The second-order valence-corrected chi connectivity index (χ2v) is 6.56. The molecule has 1 aromatic carbocycles. The Morgan fingerprint density at radius 3 is 2.74 bits per heavy atom. The van der Waals surface area contributed by atoms with E-state index in [2.05, 4.69) is 22.8 Å². The van der Waals surface area contributed by atoms with E-state index in [4.69, 9.17) is 0 Å². The molecule has 3 heterocycles. The first-order valence-electron chi connectivity index (χ1n) is 8.25. The summed E-state index contributed by atoms with van der Waals surface area (Å²) in [5.41, 5.74) is 2.42. The molecule has 0 aliphatic carbocycles. The quantitative estimate of drug-likeness (QED) is 0.756. The number of aromatic nitrogens is 1. The van der Waals surface area contributed by atoms with Crippen molar-refractivity contribution in [3.05, 3.63) is 70.1 Å². The van der Waals surface area contributed by atoms with E-state index in [1.165, 1.54) is 12.1 Å². The van der Waals surface area contributed by atoms with E-state index in [1.807, 2.05) is 41.0 Å². The molecule has 2 aliphatic heterocycles. The maximum absolute atomic E-state index is 12.0. The molecule has 0 unspecified atom stereocenters. The van der Waals surface area contributed by atoms with Crippen LogP contribution in [0, 0.1) is 17.8 Å². The summed E-state index contributed by atoms with van der Waals surface area (Å²) in [6.45, 7) is 3.71. The Morgan fingerprint density at radius 1 is 1.00 bits per heavy atom. The van der Waals surface area contributed by atoms with Gasteiger partial charge in [0, 0.05) is 42.9 Å². The van der Waals surface area contributed by atoms with E-state index in [0.29, 0.717) is 11.8 Å². The van der Waals surface area contributed by atoms with Crippen LogP contribution in [0.25, 0.3) is 0 Å².